The number of hydrogen-bond acceptors (Lipinski definition) is 3. The van der Waals surface area contributed by atoms with Gasteiger partial charge in [0.05, 0.1) is 5.54 Å². The average Bonchev–Trinajstić information content (AvgIpc) is 2.17. The maximum absolute atomic E-state index is 11.7. The first-order valence-electron chi connectivity index (χ1n) is 4.67. The van der Waals surface area contributed by atoms with E-state index in [0.29, 0.717) is 17.3 Å². The van der Waals surface area contributed by atoms with Crippen molar-refractivity contribution in [2.24, 2.45) is 5.73 Å². The molecule has 3 N–H and O–H groups in total. The number of amides is 1. The Bertz CT molecular complexity index is 365. The predicted octanol–water partition coefficient (Wildman–Crippen LogP) is 1.80. The van der Waals surface area contributed by atoms with E-state index in [9.17, 15) is 4.79 Å². The molecule has 0 saturated heterocycles. The molecular formula is C10H14ClN3O. The Morgan fingerprint density at radius 3 is 2.93 bits per heavy atom. The SMILES string of the molecule is CCC(C)(N)C(=O)Nc1cc(Cl)ccn1. The molecule has 1 aromatic rings. The minimum absolute atomic E-state index is 0.264. The highest BCUT2D eigenvalue weighted by Crippen LogP contribution is 2.14. The molecule has 0 spiro atoms. The lowest BCUT2D eigenvalue weighted by molar-refractivity contribution is -0.120. The molecule has 1 rings (SSSR count). The fourth-order valence-corrected chi connectivity index (χ4v) is 1.05. The van der Waals surface area contributed by atoms with E-state index in [1.807, 2.05) is 6.92 Å². The van der Waals surface area contributed by atoms with Crippen LogP contribution < -0.4 is 11.1 Å². The number of pyridine rings is 1. The van der Waals surface area contributed by atoms with Crippen LogP contribution in [-0.4, -0.2) is 16.4 Å². The number of carbonyl (C=O) groups is 1. The first kappa shape index (κ1) is 11.9. The van der Waals surface area contributed by atoms with Crippen molar-refractivity contribution in [1.29, 1.82) is 0 Å². The molecule has 1 aromatic heterocycles. The maximum Gasteiger partial charge on any atom is 0.245 e. The van der Waals surface area contributed by atoms with Crippen molar-refractivity contribution in [2.45, 2.75) is 25.8 Å². The van der Waals surface area contributed by atoms with Crippen molar-refractivity contribution in [2.75, 3.05) is 5.32 Å². The molecule has 1 amide bonds. The van der Waals surface area contributed by atoms with Gasteiger partial charge in [0.25, 0.3) is 0 Å². The molecule has 0 aliphatic carbocycles. The van der Waals surface area contributed by atoms with Crippen LogP contribution in [0.5, 0.6) is 0 Å². The first-order valence-corrected chi connectivity index (χ1v) is 5.05. The van der Waals surface area contributed by atoms with E-state index in [4.69, 9.17) is 17.3 Å². The summed E-state index contributed by atoms with van der Waals surface area (Å²) in [5.41, 5.74) is 4.89. The van der Waals surface area contributed by atoms with E-state index in [0.717, 1.165) is 0 Å². The smallest absolute Gasteiger partial charge is 0.245 e. The lowest BCUT2D eigenvalue weighted by atomic mass is 10.00. The highest BCUT2D eigenvalue weighted by molar-refractivity contribution is 6.30. The van der Waals surface area contributed by atoms with Gasteiger partial charge in [0.2, 0.25) is 5.91 Å². The number of carbonyl (C=O) groups excluding carboxylic acids is 1. The van der Waals surface area contributed by atoms with Gasteiger partial charge in [-0.2, -0.15) is 0 Å². The lowest BCUT2D eigenvalue weighted by Crippen LogP contribution is -2.47. The first-order chi connectivity index (χ1) is 6.95. The van der Waals surface area contributed by atoms with Gasteiger partial charge in [0.1, 0.15) is 5.82 Å². The van der Waals surface area contributed by atoms with E-state index in [-0.39, 0.29) is 5.91 Å². The Morgan fingerprint density at radius 1 is 1.73 bits per heavy atom. The number of aromatic nitrogens is 1. The highest BCUT2D eigenvalue weighted by atomic mass is 35.5. The van der Waals surface area contributed by atoms with Crippen LogP contribution in [0.2, 0.25) is 5.02 Å². The Kier molecular flexibility index (Phi) is 3.66. The zero-order valence-electron chi connectivity index (χ0n) is 8.75. The van der Waals surface area contributed by atoms with Crippen LogP contribution in [-0.2, 0) is 4.79 Å². The Morgan fingerprint density at radius 2 is 2.40 bits per heavy atom. The van der Waals surface area contributed by atoms with Crippen molar-refractivity contribution >= 4 is 23.3 Å². The number of nitrogens with two attached hydrogens (primary N) is 1. The summed E-state index contributed by atoms with van der Waals surface area (Å²) in [6, 6.07) is 3.21. The highest BCUT2D eigenvalue weighted by Gasteiger charge is 2.26. The van der Waals surface area contributed by atoms with Crippen molar-refractivity contribution < 1.29 is 4.79 Å². The number of nitrogens with zero attached hydrogens (tertiary/aromatic N) is 1. The van der Waals surface area contributed by atoms with Gasteiger partial charge >= 0.3 is 0 Å². The molecule has 0 fully saturated rings. The molecule has 4 nitrogen and oxygen atoms in total. The molecule has 0 aliphatic heterocycles. The normalized spacial score (nSPS) is 14.4. The van der Waals surface area contributed by atoms with Crippen LogP contribution in [0, 0.1) is 0 Å². The van der Waals surface area contributed by atoms with Crippen LogP contribution in [0.3, 0.4) is 0 Å². The third-order valence-corrected chi connectivity index (χ3v) is 2.45. The van der Waals surface area contributed by atoms with Crippen molar-refractivity contribution in [3.8, 4) is 0 Å². The summed E-state index contributed by atoms with van der Waals surface area (Å²) in [7, 11) is 0. The number of anilines is 1. The molecule has 0 aliphatic rings. The molecule has 0 radical (unpaired) electrons. The summed E-state index contributed by atoms with van der Waals surface area (Å²) in [6.07, 6.45) is 2.08. The third-order valence-electron chi connectivity index (χ3n) is 2.22. The summed E-state index contributed by atoms with van der Waals surface area (Å²) >= 11 is 5.75. The minimum atomic E-state index is -0.885. The van der Waals surface area contributed by atoms with Gasteiger partial charge in [-0.3, -0.25) is 4.79 Å². The largest absolute Gasteiger partial charge is 0.318 e. The Hall–Kier alpha value is -1.13. The molecular weight excluding hydrogens is 214 g/mol. The monoisotopic (exact) mass is 227 g/mol. The van der Waals surface area contributed by atoms with Gasteiger partial charge in [0, 0.05) is 11.2 Å². The second-order valence-electron chi connectivity index (χ2n) is 3.58. The second-order valence-corrected chi connectivity index (χ2v) is 4.02. The summed E-state index contributed by atoms with van der Waals surface area (Å²) in [6.45, 7) is 3.53. The number of rotatable bonds is 3. The topological polar surface area (TPSA) is 68.0 Å². The fraction of sp³-hybridized carbons (Fsp3) is 0.400. The standard InChI is InChI=1S/C10H14ClN3O/c1-3-10(2,12)9(15)14-8-6-7(11)4-5-13-8/h4-6H,3,12H2,1-2H3,(H,13,14,15). The van der Waals surface area contributed by atoms with Crippen LogP contribution in [0.4, 0.5) is 5.82 Å². The number of hydrogen-bond donors (Lipinski definition) is 2. The van der Waals surface area contributed by atoms with Gasteiger partial charge in [-0.15, -0.1) is 0 Å². The zero-order chi connectivity index (χ0) is 11.5. The summed E-state index contributed by atoms with van der Waals surface area (Å²) in [5.74, 6) is 0.150. The molecule has 1 atom stereocenters. The maximum atomic E-state index is 11.7. The van der Waals surface area contributed by atoms with E-state index in [2.05, 4.69) is 10.3 Å². The van der Waals surface area contributed by atoms with Crippen LogP contribution in [0.25, 0.3) is 0 Å². The van der Waals surface area contributed by atoms with Gasteiger partial charge in [-0.25, -0.2) is 4.98 Å². The van der Waals surface area contributed by atoms with Gasteiger partial charge in [-0.05, 0) is 25.5 Å². The van der Waals surface area contributed by atoms with Gasteiger partial charge in [-0.1, -0.05) is 18.5 Å². The predicted molar refractivity (Wildman–Crippen MR) is 60.8 cm³/mol. The van der Waals surface area contributed by atoms with Crippen molar-refractivity contribution in [3.63, 3.8) is 0 Å². The van der Waals surface area contributed by atoms with Crippen LogP contribution in [0.15, 0.2) is 18.3 Å². The summed E-state index contributed by atoms with van der Waals surface area (Å²) in [5, 5.41) is 3.14. The molecule has 15 heavy (non-hydrogen) atoms. The van der Waals surface area contributed by atoms with Gasteiger partial charge in [0.15, 0.2) is 0 Å². The Balaban J connectivity index is 2.75. The summed E-state index contributed by atoms with van der Waals surface area (Å²) in [4.78, 5) is 15.6. The molecule has 1 unspecified atom stereocenters. The van der Waals surface area contributed by atoms with Crippen LogP contribution >= 0.6 is 11.6 Å². The molecule has 5 heteroatoms. The quantitative estimate of drug-likeness (QED) is 0.828. The van der Waals surface area contributed by atoms with E-state index in [1.54, 1.807) is 19.1 Å². The molecule has 1 heterocycles. The zero-order valence-corrected chi connectivity index (χ0v) is 9.51. The lowest BCUT2D eigenvalue weighted by Gasteiger charge is -2.21. The summed E-state index contributed by atoms with van der Waals surface area (Å²) < 4.78 is 0. The number of nitrogens with one attached hydrogen (secondary N) is 1. The molecule has 0 bridgehead atoms. The molecule has 0 aromatic carbocycles. The number of halogens is 1. The van der Waals surface area contributed by atoms with Crippen molar-refractivity contribution in [1.82, 2.24) is 4.98 Å². The van der Waals surface area contributed by atoms with E-state index >= 15 is 0 Å². The van der Waals surface area contributed by atoms with Crippen LogP contribution in [0.1, 0.15) is 20.3 Å². The van der Waals surface area contributed by atoms with E-state index in [1.165, 1.54) is 6.20 Å². The van der Waals surface area contributed by atoms with Gasteiger partial charge < -0.3 is 11.1 Å². The van der Waals surface area contributed by atoms with E-state index < -0.39 is 5.54 Å². The second kappa shape index (κ2) is 4.59. The fourth-order valence-electron chi connectivity index (χ4n) is 0.893. The third kappa shape index (κ3) is 3.18. The molecule has 82 valence electrons. The molecule has 0 saturated carbocycles. The van der Waals surface area contributed by atoms with Crippen molar-refractivity contribution in [3.05, 3.63) is 23.4 Å². The average molecular weight is 228 g/mol. The Labute approximate surface area is 93.8 Å². The minimum Gasteiger partial charge on any atom is -0.318 e.